The van der Waals surface area contributed by atoms with E-state index in [1.807, 2.05) is 38.1 Å². The van der Waals surface area contributed by atoms with E-state index in [1.54, 1.807) is 0 Å². The molecule has 0 fully saturated rings. The fourth-order valence-electron chi connectivity index (χ4n) is 1.57. The molecule has 0 aliphatic carbocycles. The molecule has 1 N–H and O–H groups in total. The number of aryl methyl sites for hydroxylation is 2. The Morgan fingerprint density at radius 2 is 2.05 bits per heavy atom. The van der Waals surface area contributed by atoms with Gasteiger partial charge in [-0.1, -0.05) is 36.4 Å². The van der Waals surface area contributed by atoms with Crippen LogP contribution >= 0.6 is 11.8 Å². The average Bonchev–Trinajstić information content (AvgIpc) is 2.87. The zero-order valence-electron chi connectivity index (χ0n) is 11.5. The Morgan fingerprint density at radius 1 is 1.30 bits per heavy atom. The topological polar surface area (TPSA) is 68.0 Å². The third kappa shape index (κ3) is 4.38. The number of benzene rings is 1. The van der Waals surface area contributed by atoms with Gasteiger partial charge < -0.3 is 9.73 Å². The SMILES string of the molecule is CCCc1nnc(SCC(=O)Nc2ccc(C)cc2)o1. The largest absolute Gasteiger partial charge is 0.416 e. The Morgan fingerprint density at radius 3 is 2.75 bits per heavy atom. The molecule has 0 saturated heterocycles. The Balaban J connectivity index is 1.80. The quantitative estimate of drug-likeness (QED) is 0.828. The highest BCUT2D eigenvalue weighted by Crippen LogP contribution is 2.17. The molecule has 1 aromatic carbocycles. The van der Waals surface area contributed by atoms with E-state index in [9.17, 15) is 4.79 Å². The van der Waals surface area contributed by atoms with E-state index in [1.165, 1.54) is 11.8 Å². The van der Waals surface area contributed by atoms with Gasteiger partial charge in [0.05, 0.1) is 5.75 Å². The number of anilines is 1. The second-order valence-electron chi connectivity index (χ2n) is 4.41. The summed E-state index contributed by atoms with van der Waals surface area (Å²) in [6.07, 6.45) is 1.73. The van der Waals surface area contributed by atoms with E-state index < -0.39 is 0 Å². The highest BCUT2D eigenvalue weighted by molar-refractivity contribution is 7.99. The summed E-state index contributed by atoms with van der Waals surface area (Å²) < 4.78 is 5.40. The Bertz CT molecular complexity index is 566. The minimum Gasteiger partial charge on any atom is -0.416 e. The minimum absolute atomic E-state index is 0.0888. The summed E-state index contributed by atoms with van der Waals surface area (Å²) in [6.45, 7) is 4.05. The van der Waals surface area contributed by atoms with E-state index in [2.05, 4.69) is 15.5 Å². The normalized spacial score (nSPS) is 10.5. The van der Waals surface area contributed by atoms with Crippen LogP contribution < -0.4 is 5.32 Å². The Kier molecular flexibility index (Phi) is 5.17. The monoisotopic (exact) mass is 291 g/mol. The first-order valence-corrected chi connectivity index (χ1v) is 7.47. The molecule has 0 aliphatic rings. The van der Waals surface area contributed by atoms with E-state index >= 15 is 0 Å². The van der Waals surface area contributed by atoms with Crippen molar-refractivity contribution in [3.05, 3.63) is 35.7 Å². The smallest absolute Gasteiger partial charge is 0.277 e. The van der Waals surface area contributed by atoms with Crippen molar-refractivity contribution in [2.75, 3.05) is 11.1 Å². The number of amides is 1. The molecule has 106 valence electrons. The fraction of sp³-hybridized carbons (Fsp3) is 0.357. The summed E-state index contributed by atoms with van der Waals surface area (Å²) in [5.74, 6) is 0.782. The van der Waals surface area contributed by atoms with Crippen LogP contribution in [0.4, 0.5) is 5.69 Å². The van der Waals surface area contributed by atoms with Crippen molar-refractivity contribution < 1.29 is 9.21 Å². The molecule has 0 bridgehead atoms. The summed E-state index contributed by atoms with van der Waals surface area (Å²) in [7, 11) is 0. The van der Waals surface area contributed by atoms with Crippen LogP contribution in [-0.4, -0.2) is 21.9 Å². The molecule has 0 spiro atoms. The lowest BCUT2D eigenvalue weighted by atomic mass is 10.2. The molecular weight excluding hydrogens is 274 g/mol. The van der Waals surface area contributed by atoms with E-state index in [0.29, 0.717) is 11.1 Å². The third-order valence-electron chi connectivity index (χ3n) is 2.57. The van der Waals surface area contributed by atoms with Crippen LogP contribution in [0.1, 0.15) is 24.8 Å². The second-order valence-corrected chi connectivity index (χ2v) is 5.34. The van der Waals surface area contributed by atoms with Gasteiger partial charge >= 0.3 is 0 Å². The Hall–Kier alpha value is -1.82. The average molecular weight is 291 g/mol. The summed E-state index contributed by atoms with van der Waals surface area (Å²) in [5, 5.41) is 11.1. The maximum absolute atomic E-state index is 11.8. The van der Waals surface area contributed by atoms with Crippen molar-refractivity contribution in [3.8, 4) is 0 Å². The van der Waals surface area contributed by atoms with Crippen molar-refractivity contribution in [1.29, 1.82) is 0 Å². The predicted octanol–water partition coefficient (Wildman–Crippen LogP) is 3.06. The van der Waals surface area contributed by atoms with E-state index in [-0.39, 0.29) is 11.7 Å². The maximum atomic E-state index is 11.8. The molecule has 1 aromatic heterocycles. The van der Waals surface area contributed by atoms with Crippen LogP contribution in [0.3, 0.4) is 0 Å². The van der Waals surface area contributed by atoms with Gasteiger partial charge in [-0.2, -0.15) is 0 Å². The predicted molar refractivity (Wildman–Crippen MR) is 78.8 cm³/mol. The molecule has 0 saturated carbocycles. The lowest BCUT2D eigenvalue weighted by molar-refractivity contribution is -0.113. The lowest BCUT2D eigenvalue weighted by Crippen LogP contribution is -2.13. The van der Waals surface area contributed by atoms with Crippen LogP contribution in [0.25, 0.3) is 0 Å². The number of nitrogens with one attached hydrogen (secondary N) is 1. The lowest BCUT2D eigenvalue weighted by Gasteiger charge is -2.03. The molecule has 0 atom stereocenters. The fourth-order valence-corrected chi connectivity index (χ4v) is 2.15. The molecule has 1 amide bonds. The third-order valence-corrected chi connectivity index (χ3v) is 3.39. The van der Waals surface area contributed by atoms with E-state index in [4.69, 9.17) is 4.42 Å². The standard InChI is InChI=1S/C14H17N3O2S/c1-3-4-13-16-17-14(19-13)20-9-12(18)15-11-7-5-10(2)6-8-11/h5-8H,3-4,9H2,1-2H3,(H,15,18). The van der Waals surface area contributed by atoms with Crippen LogP contribution in [-0.2, 0) is 11.2 Å². The molecule has 1 heterocycles. The number of carbonyl (C=O) groups is 1. The molecule has 5 nitrogen and oxygen atoms in total. The summed E-state index contributed by atoms with van der Waals surface area (Å²) in [6, 6.07) is 7.67. The number of carbonyl (C=O) groups excluding carboxylic acids is 1. The maximum Gasteiger partial charge on any atom is 0.277 e. The highest BCUT2D eigenvalue weighted by atomic mass is 32.2. The molecule has 0 aliphatic heterocycles. The van der Waals surface area contributed by atoms with Gasteiger partial charge in [0.1, 0.15) is 0 Å². The summed E-state index contributed by atoms with van der Waals surface area (Å²) in [5.41, 5.74) is 1.95. The number of hydrogen-bond donors (Lipinski definition) is 1. The number of rotatable bonds is 6. The first-order chi connectivity index (χ1) is 9.67. The van der Waals surface area contributed by atoms with Gasteiger partial charge in [0.15, 0.2) is 0 Å². The number of thioether (sulfide) groups is 1. The molecule has 2 aromatic rings. The zero-order chi connectivity index (χ0) is 14.4. The van der Waals surface area contributed by atoms with Crippen molar-refractivity contribution >= 4 is 23.4 Å². The molecular formula is C14H17N3O2S. The first-order valence-electron chi connectivity index (χ1n) is 6.49. The van der Waals surface area contributed by atoms with Gasteiger partial charge in [-0.15, -0.1) is 10.2 Å². The van der Waals surface area contributed by atoms with Gasteiger partial charge in [0.25, 0.3) is 5.22 Å². The van der Waals surface area contributed by atoms with Gasteiger partial charge in [-0.3, -0.25) is 4.79 Å². The Labute approximate surface area is 122 Å². The zero-order valence-corrected chi connectivity index (χ0v) is 12.4. The van der Waals surface area contributed by atoms with Crippen molar-refractivity contribution in [2.45, 2.75) is 31.9 Å². The van der Waals surface area contributed by atoms with E-state index in [0.717, 1.165) is 24.1 Å². The molecule has 0 radical (unpaired) electrons. The second kappa shape index (κ2) is 7.09. The van der Waals surface area contributed by atoms with Crippen LogP contribution in [0.15, 0.2) is 33.9 Å². The number of aromatic nitrogens is 2. The number of hydrogen-bond acceptors (Lipinski definition) is 5. The van der Waals surface area contributed by atoms with Crippen molar-refractivity contribution in [3.63, 3.8) is 0 Å². The molecule has 20 heavy (non-hydrogen) atoms. The summed E-state index contributed by atoms with van der Waals surface area (Å²) in [4.78, 5) is 11.8. The molecule has 0 unspecified atom stereocenters. The minimum atomic E-state index is -0.0888. The first kappa shape index (κ1) is 14.6. The van der Waals surface area contributed by atoms with Gasteiger partial charge in [0, 0.05) is 12.1 Å². The number of nitrogens with zero attached hydrogens (tertiary/aromatic N) is 2. The van der Waals surface area contributed by atoms with Gasteiger partial charge in [0.2, 0.25) is 11.8 Å². The van der Waals surface area contributed by atoms with Crippen LogP contribution in [0, 0.1) is 6.92 Å². The van der Waals surface area contributed by atoms with Gasteiger partial charge in [-0.05, 0) is 25.5 Å². The van der Waals surface area contributed by atoms with Gasteiger partial charge in [-0.25, -0.2) is 0 Å². The highest BCUT2D eigenvalue weighted by Gasteiger charge is 2.09. The van der Waals surface area contributed by atoms with Crippen LogP contribution in [0.5, 0.6) is 0 Å². The van der Waals surface area contributed by atoms with Crippen LogP contribution in [0.2, 0.25) is 0 Å². The van der Waals surface area contributed by atoms with Crippen molar-refractivity contribution in [1.82, 2.24) is 10.2 Å². The summed E-state index contributed by atoms with van der Waals surface area (Å²) >= 11 is 1.25. The molecule has 2 rings (SSSR count). The van der Waals surface area contributed by atoms with Crippen molar-refractivity contribution in [2.24, 2.45) is 0 Å². The molecule has 6 heteroatoms.